The van der Waals surface area contributed by atoms with Crippen molar-refractivity contribution in [3.63, 3.8) is 0 Å². The Kier molecular flexibility index (Phi) is 12.3. The van der Waals surface area contributed by atoms with Gasteiger partial charge in [0.2, 0.25) is 0 Å². The van der Waals surface area contributed by atoms with E-state index < -0.39 is 0 Å². The summed E-state index contributed by atoms with van der Waals surface area (Å²) in [6.07, 6.45) is 0. The highest BCUT2D eigenvalue weighted by Crippen LogP contribution is 1.83. The molecule has 0 unspecified atom stereocenters. The molecule has 0 radical (unpaired) electrons. The van der Waals surface area contributed by atoms with Crippen molar-refractivity contribution in [2.45, 2.75) is 19.9 Å². The summed E-state index contributed by atoms with van der Waals surface area (Å²) in [6, 6.07) is 0.599. The van der Waals surface area contributed by atoms with E-state index in [1.807, 2.05) is 0 Å². The Labute approximate surface area is 108 Å². The minimum Gasteiger partial charge on any atom is -0.313 e. The molecule has 3 nitrogen and oxygen atoms in total. The van der Waals surface area contributed by atoms with E-state index in [1.165, 1.54) is 0 Å². The molecule has 14 heavy (non-hydrogen) atoms. The number of nitrogens with zero attached hydrogens (tertiary/aromatic N) is 2. The van der Waals surface area contributed by atoms with Crippen LogP contribution in [0.4, 0.5) is 0 Å². The van der Waals surface area contributed by atoms with Crippen LogP contribution in [0, 0.1) is 0 Å². The Balaban J connectivity index is -0.000000720. The molecule has 0 aromatic rings. The van der Waals surface area contributed by atoms with Gasteiger partial charge < -0.3 is 15.1 Å². The van der Waals surface area contributed by atoms with E-state index in [-0.39, 0.29) is 25.4 Å². The lowest BCUT2D eigenvalue weighted by Crippen LogP contribution is -2.36. The SMILES string of the molecule is CC(C)NCCN(C)CCN(C)C.I.[HH]. The molecule has 0 spiro atoms. The second kappa shape index (κ2) is 10.1. The van der Waals surface area contributed by atoms with Crippen LogP contribution in [0.3, 0.4) is 0 Å². The molecule has 0 aromatic carbocycles. The number of halogens is 1. The van der Waals surface area contributed by atoms with Gasteiger partial charge in [-0.25, -0.2) is 0 Å². The van der Waals surface area contributed by atoms with Gasteiger partial charge in [0.05, 0.1) is 0 Å². The van der Waals surface area contributed by atoms with Crippen LogP contribution in [0.5, 0.6) is 0 Å². The van der Waals surface area contributed by atoms with Gasteiger partial charge in [0, 0.05) is 33.6 Å². The van der Waals surface area contributed by atoms with Crippen molar-refractivity contribution in [1.82, 2.24) is 15.1 Å². The van der Waals surface area contributed by atoms with Crippen molar-refractivity contribution in [2.24, 2.45) is 0 Å². The Morgan fingerprint density at radius 2 is 1.64 bits per heavy atom. The van der Waals surface area contributed by atoms with E-state index in [2.05, 4.69) is 50.1 Å². The normalized spacial score (nSPS) is 11.1. The Bertz CT molecular complexity index is 123. The molecule has 0 atom stereocenters. The lowest BCUT2D eigenvalue weighted by atomic mass is 10.4. The van der Waals surface area contributed by atoms with Crippen LogP contribution < -0.4 is 5.32 Å². The van der Waals surface area contributed by atoms with Gasteiger partial charge in [-0.3, -0.25) is 0 Å². The molecule has 0 rings (SSSR count). The molecular weight excluding hydrogens is 289 g/mol. The molecule has 0 fully saturated rings. The highest BCUT2D eigenvalue weighted by molar-refractivity contribution is 14.0. The number of nitrogens with one attached hydrogen (secondary N) is 1. The fourth-order valence-electron chi connectivity index (χ4n) is 1.03. The van der Waals surface area contributed by atoms with Gasteiger partial charge in [-0.15, -0.1) is 24.0 Å². The van der Waals surface area contributed by atoms with Crippen molar-refractivity contribution in [2.75, 3.05) is 47.3 Å². The zero-order chi connectivity index (χ0) is 10.3. The predicted molar refractivity (Wildman–Crippen MR) is 76.7 cm³/mol. The monoisotopic (exact) mass is 317 g/mol. The fraction of sp³-hybridized carbons (Fsp3) is 1.00. The quantitative estimate of drug-likeness (QED) is 0.715. The van der Waals surface area contributed by atoms with Gasteiger partial charge in [0.1, 0.15) is 0 Å². The summed E-state index contributed by atoms with van der Waals surface area (Å²) in [4.78, 5) is 4.57. The maximum Gasteiger partial charge on any atom is 0.0107 e. The van der Waals surface area contributed by atoms with E-state index in [1.54, 1.807) is 0 Å². The molecule has 0 heterocycles. The molecule has 0 saturated carbocycles. The summed E-state index contributed by atoms with van der Waals surface area (Å²) in [5, 5.41) is 3.41. The molecule has 0 aliphatic rings. The lowest BCUT2D eigenvalue weighted by Gasteiger charge is -2.20. The van der Waals surface area contributed by atoms with Crippen molar-refractivity contribution in [1.29, 1.82) is 0 Å². The van der Waals surface area contributed by atoms with Gasteiger partial charge in [0.25, 0.3) is 0 Å². The molecule has 0 aliphatic carbocycles. The summed E-state index contributed by atoms with van der Waals surface area (Å²) in [5.41, 5.74) is 0. The maximum atomic E-state index is 3.41. The topological polar surface area (TPSA) is 18.5 Å². The van der Waals surface area contributed by atoms with Crippen LogP contribution in [0.15, 0.2) is 0 Å². The van der Waals surface area contributed by atoms with Gasteiger partial charge in [-0.2, -0.15) is 0 Å². The van der Waals surface area contributed by atoms with E-state index in [0.717, 1.165) is 26.2 Å². The third-order valence-corrected chi connectivity index (χ3v) is 1.98. The average molecular weight is 317 g/mol. The number of rotatable bonds is 7. The lowest BCUT2D eigenvalue weighted by molar-refractivity contribution is 0.279. The summed E-state index contributed by atoms with van der Waals surface area (Å²) in [5.74, 6) is 0. The summed E-state index contributed by atoms with van der Waals surface area (Å²) in [7, 11) is 6.39. The highest BCUT2D eigenvalue weighted by atomic mass is 127. The number of likely N-dealkylation sites (N-methyl/N-ethyl adjacent to an activating group) is 2. The average Bonchev–Trinajstić information content (AvgIpc) is 2.00. The van der Waals surface area contributed by atoms with E-state index in [4.69, 9.17) is 0 Å². The van der Waals surface area contributed by atoms with Gasteiger partial charge in [0.15, 0.2) is 0 Å². The second-order valence-corrected chi connectivity index (χ2v) is 4.22. The number of hydrogen-bond donors (Lipinski definition) is 1. The Hall–Kier alpha value is 0.610. The summed E-state index contributed by atoms with van der Waals surface area (Å²) in [6.45, 7) is 8.86. The van der Waals surface area contributed by atoms with Crippen LogP contribution in [0.1, 0.15) is 15.3 Å². The zero-order valence-electron chi connectivity index (χ0n) is 10.2. The molecule has 4 heteroatoms. The Morgan fingerprint density at radius 1 is 1.07 bits per heavy atom. The molecule has 0 aliphatic heterocycles. The molecule has 0 aromatic heterocycles. The third-order valence-electron chi connectivity index (χ3n) is 1.98. The van der Waals surface area contributed by atoms with E-state index in [0.29, 0.717) is 6.04 Å². The first-order valence-corrected chi connectivity index (χ1v) is 5.09. The zero-order valence-corrected chi connectivity index (χ0v) is 12.5. The summed E-state index contributed by atoms with van der Waals surface area (Å²) >= 11 is 0. The molecular formula is C10H28IN3. The van der Waals surface area contributed by atoms with Gasteiger partial charge in [-0.1, -0.05) is 13.8 Å². The first-order valence-electron chi connectivity index (χ1n) is 5.09. The van der Waals surface area contributed by atoms with Gasteiger partial charge >= 0.3 is 0 Å². The largest absolute Gasteiger partial charge is 0.313 e. The van der Waals surface area contributed by atoms with Crippen LogP contribution in [0.25, 0.3) is 0 Å². The maximum absolute atomic E-state index is 3.41. The van der Waals surface area contributed by atoms with Crippen molar-refractivity contribution >= 4 is 24.0 Å². The van der Waals surface area contributed by atoms with Crippen molar-refractivity contribution in [3.8, 4) is 0 Å². The third kappa shape index (κ3) is 12.6. The van der Waals surface area contributed by atoms with Crippen LogP contribution in [-0.4, -0.2) is 63.2 Å². The summed E-state index contributed by atoms with van der Waals surface area (Å²) < 4.78 is 0. The first kappa shape index (κ1) is 17.0. The molecule has 0 saturated heterocycles. The Morgan fingerprint density at radius 3 is 2.07 bits per heavy atom. The molecule has 90 valence electrons. The number of hydrogen-bond acceptors (Lipinski definition) is 3. The van der Waals surface area contributed by atoms with Crippen LogP contribution in [0.2, 0.25) is 0 Å². The first-order chi connectivity index (χ1) is 6.02. The standard InChI is InChI=1S/C10H25N3.HI.H2/c1-10(2)11-6-7-13(5)9-8-12(3)4;;/h10-11H,6-9H2,1-5H3;2*1H. The van der Waals surface area contributed by atoms with E-state index in [9.17, 15) is 0 Å². The van der Waals surface area contributed by atoms with E-state index >= 15 is 0 Å². The highest BCUT2D eigenvalue weighted by Gasteiger charge is 1.99. The molecule has 1 N–H and O–H groups in total. The second-order valence-electron chi connectivity index (χ2n) is 4.22. The van der Waals surface area contributed by atoms with Crippen molar-refractivity contribution in [3.05, 3.63) is 0 Å². The van der Waals surface area contributed by atoms with Crippen molar-refractivity contribution < 1.29 is 1.43 Å². The van der Waals surface area contributed by atoms with Gasteiger partial charge in [-0.05, 0) is 21.1 Å². The smallest absolute Gasteiger partial charge is 0.0107 e. The minimum absolute atomic E-state index is 0. The molecule has 0 bridgehead atoms. The predicted octanol–water partition coefficient (Wildman–Crippen LogP) is 1.34. The fourth-order valence-corrected chi connectivity index (χ4v) is 1.03. The van der Waals surface area contributed by atoms with Crippen LogP contribution >= 0.6 is 24.0 Å². The minimum atomic E-state index is 0. The molecule has 0 amide bonds. The van der Waals surface area contributed by atoms with Crippen LogP contribution in [-0.2, 0) is 0 Å².